The summed E-state index contributed by atoms with van der Waals surface area (Å²) in [5, 5.41) is 15.5. The van der Waals surface area contributed by atoms with Gasteiger partial charge in [-0.05, 0) is 58.4 Å². The van der Waals surface area contributed by atoms with Crippen LogP contribution in [0.3, 0.4) is 0 Å². The summed E-state index contributed by atoms with van der Waals surface area (Å²) < 4.78 is 18.1. The first kappa shape index (κ1) is 18.9. The smallest absolute Gasteiger partial charge is 0.287 e. The van der Waals surface area contributed by atoms with Crippen LogP contribution < -0.4 is 14.8 Å². The summed E-state index contributed by atoms with van der Waals surface area (Å²) in [5.74, 6) is 1.64. The monoisotopic (exact) mass is 457 g/mol. The van der Waals surface area contributed by atoms with Gasteiger partial charge in [-0.15, -0.1) is 15.3 Å². The van der Waals surface area contributed by atoms with Crippen LogP contribution >= 0.6 is 15.9 Å². The van der Waals surface area contributed by atoms with Crippen LogP contribution in [0.15, 0.2) is 57.6 Å². The quantitative estimate of drug-likeness (QED) is 0.425. The Bertz CT molecular complexity index is 1140. The number of carbonyl (C=O) groups is 1. The lowest BCUT2D eigenvalue weighted by Gasteiger charge is -2.07. The Kier molecular flexibility index (Phi) is 5.43. The highest BCUT2D eigenvalue weighted by Crippen LogP contribution is 2.21. The molecule has 0 aliphatic heterocycles. The van der Waals surface area contributed by atoms with Gasteiger partial charge in [-0.2, -0.15) is 4.52 Å². The fraction of sp³-hybridized carbons (Fsp3) is 0.158. The molecule has 10 heteroatoms. The van der Waals surface area contributed by atoms with E-state index in [1.807, 2.05) is 24.3 Å². The van der Waals surface area contributed by atoms with E-state index in [0.29, 0.717) is 28.6 Å². The minimum absolute atomic E-state index is 0.227. The van der Waals surface area contributed by atoms with Crippen molar-refractivity contribution in [3.8, 4) is 23.0 Å². The molecule has 4 aromatic rings. The predicted octanol–water partition coefficient (Wildman–Crippen LogP) is 2.96. The number of carbonyl (C=O) groups excluding carboxylic acids is 1. The molecule has 3 aromatic heterocycles. The molecule has 3 heterocycles. The molecular formula is C19H16BrN5O4. The van der Waals surface area contributed by atoms with Crippen molar-refractivity contribution in [1.82, 2.24) is 25.1 Å². The van der Waals surface area contributed by atoms with E-state index in [9.17, 15) is 4.79 Å². The fourth-order valence-electron chi connectivity index (χ4n) is 2.61. The molecule has 0 spiro atoms. The van der Waals surface area contributed by atoms with Gasteiger partial charge in [0, 0.05) is 11.6 Å². The second-order valence-corrected chi connectivity index (χ2v) is 6.68. The minimum Gasteiger partial charge on any atom is -0.497 e. The summed E-state index contributed by atoms with van der Waals surface area (Å²) >= 11 is 3.16. The summed E-state index contributed by atoms with van der Waals surface area (Å²) in [6.07, 6.45) is 0. The summed E-state index contributed by atoms with van der Waals surface area (Å²) in [5.41, 5.74) is 1.44. The summed E-state index contributed by atoms with van der Waals surface area (Å²) in [4.78, 5) is 11.9. The zero-order valence-electron chi connectivity index (χ0n) is 15.3. The van der Waals surface area contributed by atoms with Gasteiger partial charge in [0.2, 0.25) is 5.88 Å². The molecule has 148 valence electrons. The number of nitrogens with zero attached hydrogens (tertiary/aromatic N) is 4. The molecule has 0 saturated heterocycles. The van der Waals surface area contributed by atoms with E-state index in [1.165, 1.54) is 0 Å². The lowest BCUT2D eigenvalue weighted by atomic mass is 10.2. The molecule has 0 fully saturated rings. The van der Waals surface area contributed by atoms with Gasteiger partial charge in [0.15, 0.2) is 21.9 Å². The number of nitrogens with one attached hydrogen (secondary N) is 1. The highest BCUT2D eigenvalue weighted by molar-refractivity contribution is 9.10. The number of halogens is 1. The third-order valence-electron chi connectivity index (χ3n) is 4.02. The maximum atomic E-state index is 11.9. The number of benzene rings is 1. The Morgan fingerprint density at radius 2 is 1.97 bits per heavy atom. The van der Waals surface area contributed by atoms with Gasteiger partial charge in [-0.1, -0.05) is 0 Å². The van der Waals surface area contributed by atoms with Crippen molar-refractivity contribution < 1.29 is 18.7 Å². The number of ether oxygens (including phenoxy) is 2. The number of fused-ring (bicyclic) bond motifs is 1. The lowest BCUT2D eigenvalue weighted by Crippen LogP contribution is -2.27. The van der Waals surface area contributed by atoms with Crippen LogP contribution in [-0.4, -0.2) is 46.0 Å². The second-order valence-electron chi connectivity index (χ2n) is 5.90. The van der Waals surface area contributed by atoms with Crippen LogP contribution in [0.25, 0.3) is 17.0 Å². The van der Waals surface area contributed by atoms with Gasteiger partial charge in [0.05, 0.1) is 13.7 Å². The van der Waals surface area contributed by atoms with Gasteiger partial charge < -0.3 is 19.2 Å². The number of rotatable bonds is 7. The van der Waals surface area contributed by atoms with Crippen LogP contribution in [-0.2, 0) is 0 Å². The number of furan rings is 1. The van der Waals surface area contributed by atoms with Crippen LogP contribution in [0.1, 0.15) is 10.6 Å². The number of amides is 1. The third-order valence-corrected chi connectivity index (χ3v) is 4.45. The Balaban J connectivity index is 1.41. The molecule has 1 amide bonds. The zero-order chi connectivity index (χ0) is 20.2. The van der Waals surface area contributed by atoms with Crippen molar-refractivity contribution in [3.05, 3.63) is 59.0 Å². The van der Waals surface area contributed by atoms with E-state index in [4.69, 9.17) is 13.9 Å². The fourth-order valence-corrected chi connectivity index (χ4v) is 2.92. The third kappa shape index (κ3) is 4.21. The molecule has 1 aromatic carbocycles. The normalized spacial score (nSPS) is 10.8. The minimum atomic E-state index is -0.316. The van der Waals surface area contributed by atoms with Gasteiger partial charge in [0.1, 0.15) is 12.4 Å². The van der Waals surface area contributed by atoms with Crippen molar-refractivity contribution in [2.45, 2.75) is 0 Å². The molecule has 0 atom stereocenters. The van der Waals surface area contributed by atoms with Crippen LogP contribution in [0.5, 0.6) is 11.6 Å². The topological polar surface area (TPSA) is 104 Å². The van der Waals surface area contributed by atoms with Crippen molar-refractivity contribution in [2.75, 3.05) is 20.3 Å². The predicted molar refractivity (Wildman–Crippen MR) is 107 cm³/mol. The van der Waals surface area contributed by atoms with E-state index in [2.05, 4.69) is 36.5 Å². The summed E-state index contributed by atoms with van der Waals surface area (Å²) in [6.45, 7) is 0.538. The van der Waals surface area contributed by atoms with E-state index in [0.717, 1.165) is 11.3 Å². The molecular weight excluding hydrogens is 442 g/mol. The zero-order valence-corrected chi connectivity index (χ0v) is 16.9. The Morgan fingerprint density at radius 3 is 2.69 bits per heavy atom. The SMILES string of the molecule is COc1ccc(-c2nnc3ccc(OCCNC(=O)c4ccc(Br)o4)nn23)cc1. The van der Waals surface area contributed by atoms with Crippen LogP contribution in [0.2, 0.25) is 0 Å². The Hall–Kier alpha value is -3.40. The molecule has 0 saturated carbocycles. The van der Waals surface area contributed by atoms with E-state index in [1.54, 1.807) is 35.9 Å². The number of hydrogen-bond donors (Lipinski definition) is 1. The summed E-state index contributed by atoms with van der Waals surface area (Å²) in [7, 11) is 1.61. The van der Waals surface area contributed by atoms with Crippen molar-refractivity contribution in [3.63, 3.8) is 0 Å². The lowest BCUT2D eigenvalue weighted by molar-refractivity contribution is 0.0917. The number of aromatic nitrogens is 4. The summed E-state index contributed by atoms with van der Waals surface area (Å²) in [6, 6.07) is 14.2. The van der Waals surface area contributed by atoms with Crippen molar-refractivity contribution >= 4 is 27.5 Å². The molecule has 0 radical (unpaired) electrons. The highest BCUT2D eigenvalue weighted by atomic mass is 79.9. The largest absolute Gasteiger partial charge is 0.497 e. The van der Waals surface area contributed by atoms with E-state index in [-0.39, 0.29) is 18.3 Å². The molecule has 0 aliphatic rings. The highest BCUT2D eigenvalue weighted by Gasteiger charge is 2.12. The molecule has 0 unspecified atom stereocenters. The maximum absolute atomic E-state index is 11.9. The first-order valence-electron chi connectivity index (χ1n) is 8.67. The van der Waals surface area contributed by atoms with Crippen molar-refractivity contribution in [1.29, 1.82) is 0 Å². The van der Waals surface area contributed by atoms with Crippen LogP contribution in [0, 0.1) is 0 Å². The van der Waals surface area contributed by atoms with E-state index >= 15 is 0 Å². The standard InChI is InChI=1S/C19H16BrN5O4/c1-27-13-4-2-12(3-5-13)18-23-22-16-8-9-17(24-25(16)18)28-11-10-21-19(26)14-6-7-15(20)29-14/h2-9H,10-11H2,1H3,(H,21,26). The number of hydrogen-bond acceptors (Lipinski definition) is 7. The van der Waals surface area contributed by atoms with Gasteiger partial charge in [-0.25, -0.2) is 0 Å². The number of methoxy groups -OCH3 is 1. The molecule has 4 rings (SSSR count). The van der Waals surface area contributed by atoms with E-state index < -0.39 is 0 Å². The average Bonchev–Trinajstić information content (AvgIpc) is 3.37. The molecule has 1 N–H and O–H groups in total. The first-order valence-corrected chi connectivity index (χ1v) is 9.46. The Morgan fingerprint density at radius 1 is 1.14 bits per heavy atom. The van der Waals surface area contributed by atoms with Crippen LogP contribution in [0.4, 0.5) is 0 Å². The van der Waals surface area contributed by atoms with Gasteiger partial charge >= 0.3 is 0 Å². The van der Waals surface area contributed by atoms with Gasteiger partial charge in [0.25, 0.3) is 5.91 Å². The maximum Gasteiger partial charge on any atom is 0.287 e. The molecule has 0 aliphatic carbocycles. The second kappa shape index (κ2) is 8.31. The molecule has 9 nitrogen and oxygen atoms in total. The van der Waals surface area contributed by atoms with Gasteiger partial charge in [-0.3, -0.25) is 4.79 Å². The Labute approximate surface area is 173 Å². The van der Waals surface area contributed by atoms with Crippen molar-refractivity contribution in [2.24, 2.45) is 0 Å². The molecule has 29 heavy (non-hydrogen) atoms. The first-order chi connectivity index (χ1) is 14.1. The molecule has 0 bridgehead atoms. The average molecular weight is 458 g/mol.